The van der Waals surface area contributed by atoms with Crippen molar-refractivity contribution in [3.63, 3.8) is 0 Å². The van der Waals surface area contributed by atoms with Gasteiger partial charge in [-0.3, -0.25) is 0 Å². The highest BCUT2D eigenvalue weighted by Crippen LogP contribution is 2.23. The van der Waals surface area contributed by atoms with Crippen LogP contribution in [0.4, 0.5) is 20.6 Å². The first kappa shape index (κ1) is 18.2. The normalized spacial score (nSPS) is 14.4. The van der Waals surface area contributed by atoms with Crippen molar-refractivity contribution >= 4 is 17.4 Å². The van der Waals surface area contributed by atoms with Crippen LogP contribution in [-0.4, -0.2) is 37.1 Å². The predicted octanol–water partition coefficient (Wildman–Crippen LogP) is 4.30. The largest absolute Gasteiger partial charge is 0.368 e. The Kier molecular flexibility index (Phi) is 5.76. The van der Waals surface area contributed by atoms with E-state index in [4.69, 9.17) is 0 Å². The summed E-state index contributed by atoms with van der Waals surface area (Å²) in [6.45, 7) is 7.00. The zero-order valence-electron chi connectivity index (χ0n) is 15.5. The number of hydrogen-bond donors (Lipinski definition) is 1. The lowest BCUT2D eigenvalue weighted by molar-refractivity contribution is 0.208. The number of para-hydroxylation sites is 1. The summed E-state index contributed by atoms with van der Waals surface area (Å²) in [6, 6.07) is 12.7. The number of nitrogens with zero attached hydrogens (tertiary/aromatic N) is 2. The van der Waals surface area contributed by atoms with Crippen LogP contribution in [-0.2, 0) is 12.8 Å². The summed E-state index contributed by atoms with van der Waals surface area (Å²) >= 11 is 0. The van der Waals surface area contributed by atoms with E-state index >= 15 is 0 Å². The van der Waals surface area contributed by atoms with Gasteiger partial charge in [-0.2, -0.15) is 0 Å². The van der Waals surface area contributed by atoms with Crippen LogP contribution in [0.25, 0.3) is 0 Å². The van der Waals surface area contributed by atoms with Crippen molar-refractivity contribution in [3.8, 4) is 0 Å². The van der Waals surface area contributed by atoms with Crippen molar-refractivity contribution in [2.75, 3.05) is 36.4 Å². The highest BCUT2D eigenvalue weighted by Gasteiger charge is 2.22. The Morgan fingerprint density at radius 3 is 2.08 bits per heavy atom. The number of benzene rings is 2. The first-order valence-electron chi connectivity index (χ1n) is 9.29. The SMILES string of the molecule is CCc1cccc(CC)c1NC(=O)N1CCN(c2ccc(F)cc2)CC1. The van der Waals surface area contributed by atoms with E-state index in [1.165, 1.54) is 23.3 Å². The molecule has 1 aliphatic rings. The lowest BCUT2D eigenvalue weighted by Gasteiger charge is -2.36. The zero-order valence-corrected chi connectivity index (χ0v) is 15.5. The lowest BCUT2D eigenvalue weighted by Crippen LogP contribution is -2.50. The van der Waals surface area contributed by atoms with Gasteiger partial charge in [-0.15, -0.1) is 0 Å². The monoisotopic (exact) mass is 355 g/mol. The van der Waals surface area contributed by atoms with Crippen LogP contribution in [0, 0.1) is 5.82 Å². The Hall–Kier alpha value is -2.56. The predicted molar refractivity (Wildman–Crippen MR) is 104 cm³/mol. The van der Waals surface area contributed by atoms with Crippen molar-refractivity contribution in [2.45, 2.75) is 26.7 Å². The fraction of sp³-hybridized carbons (Fsp3) is 0.381. The molecule has 1 N–H and O–H groups in total. The summed E-state index contributed by atoms with van der Waals surface area (Å²) in [6.07, 6.45) is 1.78. The van der Waals surface area contributed by atoms with Gasteiger partial charge in [0.15, 0.2) is 0 Å². The molecule has 2 amide bonds. The second-order valence-corrected chi connectivity index (χ2v) is 6.54. The minimum atomic E-state index is -0.229. The van der Waals surface area contributed by atoms with E-state index in [1.807, 2.05) is 4.90 Å². The molecule has 1 fully saturated rings. The van der Waals surface area contributed by atoms with Crippen molar-refractivity contribution in [1.82, 2.24) is 4.90 Å². The van der Waals surface area contributed by atoms with Crippen molar-refractivity contribution < 1.29 is 9.18 Å². The Morgan fingerprint density at radius 1 is 0.962 bits per heavy atom. The van der Waals surface area contributed by atoms with Gasteiger partial charge in [0.05, 0.1) is 0 Å². The highest BCUT2D eigenvalue weighted by molar-refractivity contribution is 5.91. The van der Waals surface area contributed by atoms with Gasteiger partial charge in [0, 0.05) is 37.6 Å². The van der Waals surface area contributed by atoms with E-state index in [0.29, 0.717) is 13.1 Å². The number of carbonyl (C=O) groups excluding carboxylic acids is 1. The number of rotatable bonds is 4. The van der Waals surface area contributed by atoms with Crippen LogP contribution in [0.15, 0.2) is 42.5 Å². The van der Waals surface area contributed by atoms with Crippen molar-refractivity contribution in [1.29, 1.82) is 0 Å². The van der Waals surface area contributed by atoms with Crippen LogP contribution in [0.5, 0.6) is 0 Å². The zero-order chi connectivity index (χ0) is 18.5. The number of halogens is 1. The third kappa shape index (κ3) is 3.98. The van der Waals surface area contributed by atoms with E-state index in [1.54, 1.807) is 12.1 Å². The average Bonchev–Trinajstić information content (AvgIpc) is 2.68. The maximum absolute atomic E-state index is 13.1. The maximum Gasteiger partial charge on any atom is 0.321 e. The third-order valence-corrected chi connectivity index (χ3v) is 4.99. The Bertz CT molecular complexity index is 730. The molecule has 0 aromatic heterocycles. The van der Waals surface area contributed by atoms with E-state index in [0.717, 1.165) is 37.3 Å². The number of piperazine rings is 1. The minimum Gasteiger partial charge on any atom is -0.368 e. The summed E-state index contributed by atoms with van der Waals surface area (Å²) in [5.74, 6) is -0.229. The van der Waals surface area contributed by atoms with E-state index in [9.17, 15) is 9.18 Å². The lowest BCUT2D eigenvalue weighted by atomic mass is 10.0. The quantitative estimate of drug-likeness (QED) is 0.887. The number of amides is 2. The minimum absolute atomic E-state index is 0.0423. The molecule has 2 aromatic carbocycles. The van der Waals surface area contributed by atoms with Gasteiger partial charge in [-0.25, -0.2) is 9.18 Å². The number of carbonyl (C=O) groups is 1. The van der Waals surface area contributed by atoms with Gasteiger partial charge in [-0.1, -0.05) is 32.0 Å². The summed E-state index contributed by atoms with van der Waals surface area (Å²) < 4.78 is 13.1. The molecule has 0 bridgehead atoms. The molecule has 0 spiro atoms. The fourth-order valence-corrected chi connectivity index (χ4v) is 3.41. The molecule has 2 aromatic rings. The molecule has 0 atom stereocenters. The molecule has 4 nitrogen and oxygen atoms in total. The van der Waals surface area contributed by atoms with E-state index in [2.05, 4.69) is 42.3 Å². The van der Waals surface area contributed by atoms with E-state index in [-0.39, 0.29) is 11.8 Å². The molecule has 3 rings (SSSR count). The van der Waals surface area contributed by atoms with Crippen molar-refractivity contribution in [2.24, 2.45) is 0 Å². The standard InChI is InChI=1S/C21H26FN3O/c1-3-16-6-5-7-17(4-2)20(16)23-21(26)25-14-12-24(13-15-25)19-10-8-18(22)9-11-19/h5-11H,3-4,12-15H2,1-2H3,(H,23,26). The molecular formula is C21H26FN3O. The van der Waals surface area contributed by atoms with Gasteiger partial charge >= 0.3 is 6.03 Å². The molecule has 26 heavy (non-hydrogen) atoms. The first-order valence-corrected chi connectivity index (χ1v) is 9.29. The number of urea groups is 1. The Labute approximate surface area is 154 Å². The molecule has 0 saturated carbocycles. The molecule has 138 valence electrons. The molecule has 0 radical (unpaired) electrons. The number of anilines is 2. The Balaban J connectivity index is 1.63. The van der Waals surface area contributed by atoms with Gasteiger partial charge in [0.1, 0.15) is 5.82 Å². The van der Waals surface area contributed by atoms with Gasteiger partial charge < -0.3 is 15.1 Å². The molecular weight excluding hydrogens is 329 g/mol. The van der Waals surface area contributed by atoms with Crippen LogP contribution >= 0.6 is 0 Å². The van der Waals surface area contributed by atoms with Crippen LogP contribution < -0.4 is 10.2 Å². The summed E-state index contributed by atoms with van der Waals surface area (Å²) in [4.78, 5) is 16.8. The average molecular weight is 355 g/mol. The fourth-order valence-electron chi connectivity index (χ4n) is 3.41. The maximum atomic E-state index is 13.1. The molecule has 0 unspecified atom stereocenters. The third-order valence-electron chi connectivity index (χ3n) is 4.99. The number of aryl methyl sites for hydroxylation is 2. The summed E-state index contributed by atoms with van der Waals surface area (Å²) in [5, 5.41) is 3.13. The smallest absolute Gasteiger partial charge is 0.321 e. The van der Waals surface area contributed by atoms with Crippen LogP contribution in [0.3, 0.4) is 0 Å². The van der Waals surface area contributed by atoms with Crippen molar-refractivity contribution in [3.05, 3.63) is 59.4 Å². The Morgan fingerprint density at radius 2 is 1.54 bits per heavy atom. The topological polar surface area (TPSA) is 35.6 Å². The van der Waals surface area contributed by atoms with Crippen LogP contribution in [0.2, 0.25) is 0 Å². The summed E-state index contributed by atoms with van der Waals surface area (Å²) in [5.41, 5.74) is 4.30. The molecule has 1 heterocycles. The highest BCUT2D eigenvalue weighted by atomic mass is 19.1. The molecule has 5 heteroatoms. The second kappa shape index (κ2) is 8.21. The van der Waals surface area contributed by atoms with Gasteiger partial charge in [0.2, 0.25) is 0 Å². The molecule has 1 saturated heterocycles. The first-order chi connectivity index (χ1) is 12.6. The number of nitrogens with one attached hydrogen (secondary N) is 1. The van der Waals surface area contributed by atoms with Gasteiger partial charge in [-0.05, 0) is 48.2 Å². The van der Waals surface area contributed by atoms with Crippen LogP contribution in [0.1, 0.15) is 25.0 Å². The molecule has 1 aliphatic heterocycles. The second-order valence-electron chi connectivity index (χ2n) is 6.54. The van der Waals surface area contributed by atoms with Gasteiger partial charge in [0.25, 0.3) is 0 Å². The molecule has 0 aliphatic carbocycles. The number of hydrogen-bond acceptors (Lipinski definition) is 2. The van der Waals surface area contributed by atoms with E-state index < -0.39 is 0 Å². The summed E-state index contributed by atoms with van der Waals surface area (Å²) in [7, 11) is 0.